The monoisotopic (exact) mass is 784 g/mol. The summed E-state index contributed by atoms with van der Waals surface area (Å²) in [5.74, 6) is 3.07. The minimum absolute atomic E-state index is 0.543. The van der Waals surface area contributed by atoms with E-state index in [2.05, 4.69) is 48.5 Å². The molecule has 0 aromatic heterocycles. The molecular formula is C49H38O6P2. The third-order valence-electron chi connectivity index (χ3n) is 9.61. The molecule has 0 unspecified atom stereocenters. The van der Waals surface area contributed by atoms with E-state index in [1.165, 1.54) is 0 Å². The quantitative estimate of drug-likeness (QED) is 0.109. The molecule has 0 saturated heterocycles. The number of benzene rings is 9. The molecule has 0 bridgehead atoms. The topological polar surface area (TPSA) is 55.4 Å². The van der Waals surface area contributed by atoms with E-state index < -0.39 is 22.8 Å². The van der Waals surface area contributed by atoms with Crippen LogP contribution in [0.25, 0.3) is 43.1 Å². The summed E-state index contributed by atoms with van der Waals surface area (Å²) in [6, 6.07) is 64.3. The van der Waals surface area contributed by atoms with Gasteiger partial charge in [-0.25, -0.2) is 0 Å². The zero-order valence-corrected chi connectivity index (χ0v) is 33.1. The molecular weight excluding hydrogens is 746 g/mol. The Morgan fingerprint density at radius 1 is 0.316 bits per heavy atom. The van der Waals surface area contributed by atoms with E-state index in [4.69, 9.17) is 27.1 Å². The van der Waals surface area contributed by atoms with E-state index in [0.717, 1.165) is 48.7 Å². The van der Waals surface area contributed by atoms with Crippen LogP contribution in [0, 0.1) is 0 Å². The van der Waals surface area contributed by atoms with Gasteiger partial charge in [-0.2, -0.15) is 0 Å². The van der Waals surface area contributed by atoms with Crippen LogP contribution in [0.3, 0.4) is 0 Å². The first kappa shape index (κ1) is 36.5. The Morgan fingerprint density at radius 3 is 1.02 bits per heavy atom. The third kappa shape index (κ3) is 8.50. The van der Waals surface area contributed by atoms with Crippen molar-refractivity contribution in [3.8, 4) is 28.7 Å². The van der Waals surface area contributed by atoms with E-state index in [1.54, 1.807) is 0 Å². The van der Waals surface area contributed by atoms with Gasteiger partial charge in [0.15, 0.2) is 0 Å². The minimum atomic E-state index is -2.01. The highest BCUT2D eigenvalue weighted by molar-refractivity contribution is 7.43. The fourth-order valence-electron chi connectivity index (χ4n) is 6.71. The predicted molar refractivity (Wildman–Crippen MR) is 233 cm³/mol. The molecule has 0 amide bonds. The average Bonchev–Trinajstić information content (AvgIpc) is 3.23. The fraction of sp³-hybridized carbons (Fsp3) is 0.0612. The van der Waals surface area contributed by atoms with Crippen molar-refractivity contribution in [2.24, 2.45) is 0 Å². The van der Waals surface area contributed by atoms with Gasteiger partial charge in [0.2, 0.25) is 0 Å². The predicted octanol–water partition coefficient (Wildman–Crippen LogP) is 14.7. The van der Waals surface area contributed by atoms with Gasteiger partial charge in [0, 0.05) is 5.56 Å². The number of hydrogen-bond acceptors (Lipinski definition) is 6. The Balaban J connectivity index is 1.03. The lowest BCUT2D eigenvalue weighted by atomic mass is 9.98. The van der Waals surface area contributed by atoms with Gasteiger partial charge in [-0.15, -0.1) is 0 Å². The summed E-state index contributed by atoms with van der Waals surface area (Å²) in [5, 5.41) is 8.68. The third-order valence-corrected chi connectivity index (χ3v) is 12.0. The molecule has 0 spiro atoms. The molecule has 9 aromatic carbocycles. The molecule has 0 N–H and O–H groups in total. The standard InChI is InChI=1S/C49H38O6P2/c1-49(2,55-57(52-45-29-25-37-15-5-9-19-41(37)33-45)53-46-30-26-38-16-6-10-20-42(38)34-46)47-21-11-12-22-48(47)54-56(50-43-27-23-35-13-3-7-17-39(35)31-43)51-44-28-24-36-14-4-8-18-40(36)32-44/h3-34H,1-2H3. The van der Waals surface area contributed by atoms with Gasteiger partial charge in [0.1, 0.15) is 34.3 Å². The van der Waals surface area contributed by atoms with Gasteiger partial charge in [0.05, 0.1) is 0 Å². The Labute approximate surface area is 334 Å². The van der Waals surface area contributed by atoms with Crippen molar-refractivity contribution < 1.29 is 27.1 Å². The SMILES string of the molecule is CC(C)(OP(Oc1ccc2ccccc2c1)Oc1ccc2ccccc2c1)c1ccccc1OP(Oc1ccc2ccccc2c1)Oc1ccc2ccccc2c1. The molecule has 0 radical (unpaired) electrons. The Morgan fingerprint density at radius 2 is 0.632 bits per heavy atom. The summed E-state index contributed by atoms with van der Waals surface area (Å²) in [4.78, 5) is 0. The smallest absolute Gasteiger partial charge is 0.418 e. The van der Waals surface area contributed by atoms with Gasteiger partial charge < -0.3 is 22.6 Å². The van der Waals surface area contributed by atoms with Crippen molar-refractivity contribution in [3.05, 3.63) is 200 Å². The zero-order chi connectivity index (χ0) is 38.6. The second-order valence-corrected chi connectivity index (χ2v) is 16.0. The molecule has 57 heavy (non-hydrogen) atoms. The van der Waals surface area contributed by atoms with Gasteiger partial charge in [-0.1, -0.05) is 140 Å². The normalized spacial score (nSPS) is 11.7. The Kier molecular flexibility index (Phi) is 10.3. The Bertz CT molecular complexity index is 2680. The van der Waals surface area contributed by atoms with Gasteiger partial charge >= 0.3 is 17.2 Å². The van der Waals surface area contributed by atoms with Crippen LogP contribution in [0.15, 0.2) is 194 Å². The van der Waals surface area contributed by atoms with E-state index >= 15 is 0 Å². The maximum absolute atomic E-state index is 6.88. The maximum Gasteiger partial charge on any atom is 0.530 e. The van der Waals surface area contributed by atoms with Crippen LogP contribution in [0.2, 0.25) is 0 Å². The number of rotatable bonds is 13. The molecule has 280 valence electrons. The fourth-order valence-corrected chi connectivity index (χ4v) is 8.87. The summed E-state index contributed by atoms with van der Waals surface area (Å²) in [6.07, 6.45) is 0. The van der Waals surface area contributed by atoms with Crippen molar-refractivity contribution in [3.63, 3.8) is 0 Å². The molecule has 8 heteroatoms. The molecule has 0 fully saturated rings. The summed E-state index contributed by atoms with van der Waals surface area (Å²) in [6.45, 7) is 3.96. The first-order valence-corrected chi connectivity index (χ1v) is 20.8. The molecule has 0 heterocycles. The van der Waals surface area contributed by atoms with Crippen molar-refractivity contribution in [1.29, 1.82) is 0 Å². The van der Waals surface area contributed by atoms with Crippen molar-refractivity contribution in [2.45, 2.75) is 19.4 Å². The van der Waals surface area contributed by atoms with E-state index in [0.29, 0.717) is 28.7 Å². The van der Waals surface area contributed by atoms with Crippen molar-refractivity contribution >= 4 is 60.3 Å². The van der Waals surface area contributed by atoms with Gasteiger partial charge in [-0.3, -0.25) is 4.52 Å². The molecule has 0 aliphatic carbocycles. The first-order chi connectivity index (χ1) is 27.9. The highest BCUT2D eigenvalue weighted by Crippen LogP contribution is 2.51. The van der Waals surface area contributed by atoms with Crippen LogP contribution in [-0.2, 0) is 10.1 Å². The Hall–Kier alpha value is -6.16. The second kappa shape index (κ2) is 16.1. The summed E-state index contributed by atoms with van der Waals surface area (Å²) < 4.78 is 39.9. The molecule has 0 saturated carbocycles. The second-order valence-electron chi connectivity index (χ2n) is 14.0. The molecule has 6 nitrogen and oxygen atoms in total. The largest absolute Gasteiger partial charge is 0.530 e. The molecule has 9 aromatic rings. The van der Waals surface area contributed by atoms with E-state index in [9.17, 15) is 0 Å². The molecule has 0 aliphatic heterocycles. The van der Waals surface area contributed by atoms with Crippen LogP contribution >= 0.6 is 17.2 Å². The van der Waals surface area contributed by atoms with E-state index in [-0.39, 0.29) is 0 Å². The van der Waals surface area contributed by atoms with Crippen molar-refractivity contribution in [1.82, 2.24) is 0 Å². The van der Waals surface area contributed by atoms with Crippen molar-refractivity contribution in [2.75, 3.05) is 0 Å². The lowest BCUT2D eigenvalue weighted by molar-refractivity contribution is 0.0926. The maximum atomic E-state index is 6.88. The van der Waals surface area contributed by atoms with Gasteiger partial charge in [0.25, 0.3) is 0 Å². The number of hydrogen-bond donors (Lipinski definition) is 0. The molecule has 9 rings (SSSR count). The zero-order valence-electron chi connectivity index (χ0n) is 31.3. The highest BCUT2D eigenvalue weighted by Gasteiger charge is 2.35. The average molecular weight is 785 g/mol. The number of fused-ring (bicyclic) bond motifs is 4. The summed E-state index contributed by atoms with van der Waals surface area (Å²) in [7, 11) is -4.01. The van der Waals surface area contributed by atoms with Crippen LogP contribution in [-0.4, -0.2) is 0 Å². The summed E-state index contributed by atoms with van der Waals surface area (Å²) in [5.41, 5.74) is -0.207. The van der Waals surface area contributed by atoms with E-state index in [1.807, 2.05) is 159 Å². The van der Waals surface area contributed by atoms with Crippen LogP contribution in [0.4, 0.5) is 0 Å². The van der Waals surface area contributed by atoms with Crippen LogP contribution in [0.1, 0.15) is 19.4 Å². The minimum Gasteiger partial charge on any atom is -0.418 e. The molecule has 0 aliphatic rings. The molecule has 0 atom stereocenters. The lowest BCUT2D eigenvalue weighted by Crippen LogP contribution is -2.22. The number of para-hydroxylation sites is 1. The summed E-state index contributed by atoms with van der Waals surface area (Å²) >= 11 is 0. The first-order valence-electron chi connectivity index (χ1n) is 18.7. The van der Waals surface area contributed by atoms with Crippen LogP contribution < -0.4 is 22.6 Å². The van der Waals surface area contributed by atoms with Crippen LogP contribution in [0.5, 0.6) is 28.7 Å². The highest BCUT2D eigenvalue weighted by atomic mass is 31.2. The lowest BCUT2D eigenvalue weighted by Gasteiger charge is -2.31. The van der Waals surface area contributed by atoms with Gasteiger partial charge in [-0.05, 0) is 112 Å².